The zero-order valence-corrected chi connectivity index (χ0v) is 13.3. The van der Waals surface area contributed by atoms with E-state index in [0.717, 1.165) is 25.0 Å². The van der Waals surface area contributed by atoms with Gasteiger partial charge in [0.15, 0.2) is 0 Å². The van der Waals surface area contributed by atoms with Crippen LogP contribution in [-0.2, 0) is 4.74 Å². The molecule has 1 aliphatic heterocycles. The first kappa shape index (κ1) is 16.1. The van der Waals surface area contributed by atoms with Gasteiger partial charge in [-0.1, -0.05) is 18.1 Å². The van der Waals surface area contributed by atoms with Crippen molar-refractivity contribution in [2.24, 2.45) is 0 Å². The molecule has 3 rings (SSSR count). The van der Waals surface area contributed by atoms with Gasteiger partial charge in [-0.25, -0.2) is 0 Å². The number of ether oxygens (including phenoxy) is 2. The van der Waals surface area contributed by atoms with Crippen LogP contribution in [0.15, 0.2) is 48.5 Å². The first-order valence-corrected chi connectivity index (χ1v) is 7.97. The van der Waals surface area contributed by atoms with Crippen LogP contribution < -0.4 is 10.1 Å². The van der Waals surface area contributed by atoms with Crippen LogP contribution in [0.3, 0.4) is 0 Å². The summed E-state index contributed by atoms with van der Waals surface area (Å²) in [6.45, 7) is 1.31. The van der Waals surface area contributed by atoms with Crippen LogP contribution in [0.2, 0.25) is 0 Å². The molecule has 0 spiro atoms. The summed E-state index contributed by atoms with van der Waals surface area (Å²) in [6, 6.07) is 14.3. The Balaban J connectivity index is 1.64. The average Bonchev–Trinajstić information content (AvgIpc) is 3.14. The van der Waals surface area contributed by atoms with E-state index in [4.69, 9.17) is 15.9 Å². The molecule has 0 radical (unpaired) electrons. The Morgan fingerprint density at radius 2 is 2.17 bits per heavy atom. The van der Waals surface area contributed by atoms with Crippen LogP contribution in [0.4, 0.5) is 5.69 Å². The molecule has 1 heterocycles. The summed E-state index contributed by atoms with van der Waals surface area (Å²) < 4.78 is 11.3. The number of carbonyl (C=O) groups excluding carboxylic acids is 1. The van der Waals surface area contributed by atoms with Gasteiger partial charge in [0.05, 0.1) is 6.10 Å². The minimum absolute atomic E-state index is 0.147. The standard InChI is InChI=1S/C20H19NO3/c1-2-15-6-3-8-17(12-15)21-20(22)16-7-4-9-18(13-16)24-14-19-10-5-11-23-19/h1,3-4,6-9,12-13,19H,5,10-11,14H2,(H,21,22). The van der Waals surface area contributed by atoms with E-state index in [-0.39, 0.29) is 12.0 Å². The lowest BCUT2D eigenvalue weighted by Crippen LogP contribution is -2.17. The highest BCUT2D eigenvalue weighted by atomic mass is 16.5. The van der Waals surface area contributed by atoms with Gasteiger partial charge in [-0.15, -0.1) is 6.42 Å². The molecule has 1 atom stereocenters. The van der Waals surface area contributed by atoms with Crippen molar-refractivity contribution >= 4 is 11.6 Å². The molecule has 2 aromatic carbocycles. The summed E-state index contributed by atoms with van der Waals surface area (Å²) in [6.07, 6.45) is 7.62. The third kappa shape index (κ3) is 4.15. The highest BCUT2D eigenvalue weighted by Crippen LogP contribution is 2.18. The SMILES string of the molecule is C#Cc1cccc(NC(=O)c2cccc(OCC3CCCO3)c2)c1. The number of nitrogens with one attached hydrogen (secondary N) is 1. The van der Waals surface area contributed by atoms with E-state index >= 15 is 0 Å². The van der Waals surface area contributed by atoms with E-state index in [1.54, 1.807) is 30.3 Å². The largest absolute Gasteiger partial charge is 0.491 e. The molecule has 4 heteroatoms. The maximum Gasteiger partial charge on any atom is 0.255 e. The molecule has 0 saturated carbocycles. The van der Waals surface area contributed by atoms with Crippen molar-refractivity contribution < 1.29 is 14.3 Å². The van der Waals surface area contributed by atoms with Crippen molar-refractivity contribution in [2.45, 2.75) is 18.9 Å². The summed E-state index contributed by atoms with van der Waals surface area (Å²) in [5, 5.41) is 2.84. The van der Waals surface area contributed by atoms with E-state index in [2.05, 4.69) is 11.2 Å². The monoisotopic (exact) mass is 321 g/mol. The number of rotatable bonds is 5. The highest BCUT2D eigenvalue weighted by molar-refractivity contribution is 6.04. The molecule has 2 aromatic rings. The number of hydrogen-bond acceptors (Lipinski definition) is 3. The maximum atomic E-state index is 12.4. The maximum absolute atomic E-state index is 12.4. The lowest BCUT2D eigenvalue weighted by atomic mass is 10.1. The summed E-state index contributed by atoms with van der Waals surface area (Å²) in [4.78, 5) is 12.4. The molecule has 1 unspecified atom stereocenters. The van der Waals surface area contributed by atoms with E-state index < -0.39 is 0 Å². The van der Waals surface area contributed by atoms with Crippen LogP contribution in [0.1, 0.15) is 28.8 Å². The molecular weight excluding hydrogens is 302 g/mol. The zero-order valence-electron chi connectivity index (χ0n) is 13.3. The number of terminal acetylenes is 1. The second-order valence-electron chi connectivity index (χ2n) is 5.65. The Labute approximate surface area is 141 Å². The van der Waals surface area contributed by atoms with Crippen molar-refractivity contribution in [1.29, 1.82) is 0 Å². The van der Waals surface area contributed by atoms with Crippen molar-refractivity contribution in [3.8, 4) is 18.1 Å². The molecule has 0 bridgehead atoms. The molecule has 0 aliphatic carbocycles. The minimum Gasteiger partial charge on any atom is -0.491 e. The van der Waals surface area contributed by atoms with E-state index in [9.17, 15) is 4.79 Å². The molecule has 1 aliphatic rings. The average molecular weight is 321 g/mol. The Morgan fingerprint density at radius 3 is 2.96 bits per heavy atom. The first-order chi connectivity index (χ1) is 11.7. The molecule has 1 amide bonds. The predicted molar refractivity (Wildman–Crippen MR) is 93.2 cm³/mol. The smallest absolute Gasteiger partial charge is 0.255 e. The van der Waals surface area contributed by atoms with Crippen LogP contribution in [0, 0.1) is 12.3 Å². The highest BCUT2D eigenvalue weighted by Gasteiger charge is 2.16. The second kappa shape index (κ2) is 7.67. The molecule has 0 aromatic heterocycles. The quantitative estimate of drug-likeness (QED) is 0.858. The summed E-state index contributed by atoms with van der Waals surface area (Å²) in [5.74, 6) is 3.01. The third-order valence-electron chi connectivity index (χ3n) is 3.84. The van der Waals surface area contributed by atoms with Gasteiger partial charge in [0, 0.05) is 23.4 Å². The Kier molecular flexibility index (Phi) is 5.15. The number of amides is 1. The summed E-state index contributed by atoms with van der Waals surface area (Å²) >= 11 is 0. The van der Waals surface area contributed by atoms with Gasteiger partial charge in [0.25, 0.3) is 5.91 Å². The van der Waals surface area contributed by atoms with Crippen LogP contribution in [0.5, 0.6) is 5.75 Å². The van der Waals surface area contributed by atoms with Crippen LogP contribution in [-0.4, -0.2) is 25.2 Å². The molecule has 1 saturated heterocycles. The molecule has 24 heavy (non-hydrogen) atoms. The van der Waals surface area contributed by atoms with Crippen molar-refractivity contribution in [3.63, 3.8) is 0 Å². The van der Waals surface area contributed by atoms with Gasteiger partial charge < -0.3 is 14.8 Å². The van der Waals surface area contributed by atoms with E-state index in [0.29, 0.717) is 23.6 Å². The van der Waals surface area contributed by atoms with Gasteiger partial charge in [-0.2, -0.15) is 0 Å². The van der Waals surface area contributed by atoms with E-state index in [1.165, 1.54) is 0 Å². The summed E-state index contributed by atoms with van der Waals surface area (Å²) in [7, 11) is 0. The fraction of sp³-hybridized carbons (Fsp3) is 0.250. The van der Waals surface area contributed by atoms with Crippen molar-refractivity contribution in [1.82, 2.24) is 0 Å². The third-order valence-corrected chi connectivity index (χ3v) is 3.84. The van der Waals surface area contributed by atoms with Gasteiger partial charge in [0.1, 0.15) is 12.4 Å². The number of hydrogen-bond donors (Lipinski definition) is 1. The van der Waals surface area contributed by atoms with Crippen LogP contribution >= 0.6 is 0 Å². The Hall–Kier alpha value is -2.77. The Morgan fingerprint density at radius 1 is 1.29 bits per heavy atom. The molecule has 4 nitrogen and oxygen atoms in total. The second-order valence-corrected chi connectivity index (χ2v) is 5.65. The minimum atomic E-state index is -0.202. The number of anilines is 1. The molecule has 1 fully saturated rings. The van der Waals surface area contributed by atoms with Crippen molar-refractivity contribution in [3.05, 3.63) is 59.7 Å². The number of benzene rings is 2. The lowest BCUT2D eigenvalue weighted by Gasteiger charge is -2.12. The first-order valence-electron chi connectivity index (χ1n) is 7.97. The zero-order chi connectivity index (χ0) is 16.8. The van der Waals surface area contributed by atoms with Gasteiger partial charge in [0.2, 0.25) is 0 Å². The molecular formula is C20H19NO3. The van der Waals surface area contributed by atoms with Gasteiger partial charge in [-0.05, 0) is 49.2 Å². The molecule has 122 valence electrons. The fourth-order valence-corrected chi connectivity index (χ4v) is 2.58. The fourth-order valence-electron chi connectivity index (χ4n) is 2.58. The van der Waals surface area contributed by atoms with Crippen molar-refractivity contribution in [2.75, 3.05) is 18.5 Å². The summed E-state index contributed by atoms with van der Waals surface area (Å²) in [5.41, 5.74) is 1.92. The van der Waals surface area contributed by atoms with Gasteiger partial charge in [-0.3, -0.25) is 4.79 Å². The topological polar surface area (TPSA) is 47.6 Å². The number of carbonyl (C=O) groups is 1. The lowest BCUT2D eigenvalue weighted by molar-refractivity contribution is 0.0679. The normalized spacial score (nSPS) is 16.4. The van der Waals surface area contributed by atoms with E-state index in [1.807, 2.05) is 18.2 Å². The Bertz CT molecular complexity index is 757. The molecule has 1 N–H and O–H groups in total. The predicted octanol–water partition coefficient (Wildman–Crippen LogP) is 3.48. The van der Waals surface area contributed by atoms with Crippen LogP contribution in [0.25, 0.3) is 0 Å². The van der Waals surface area contributed by atoms with Gasteiger partial charge >= 0.3 is 0 Å².